The summed E-state index contributed by atoms with van der Waals surface area (Å²) in [5, 5.41) is 0. The van der Waals surface area contributed by atoms with Gasteiger partial charge in [-0.15, -0.1) is 0 Å². The lowest BCUT2D eigenvalue weighted by molar-refractivity contribution is -0.167. The van der Waals surface area contributed by atoms with Crippen molar-refractivity contribution in [3.63, 3.8) is 0 Å². The molecule has 6 heteroatoms. The average molecular weight is 1060 g/mol. The maximum absolute atomic E-state index is 12.9. The van der Waals surface area contributed by atoms with E-state index >= 15 is 0 Å². The topological polar surface area (TPSA) is 78.9 Å². The van der Waals surface area contributed by atoms with Crippen LogP contribution in [0.15, 0.2) is 97.2 Å². The predicted molar refractivity (Wildman–Crippen MR) is 330 cm³/mol. The van der Waals surface area contributed by atoms with Crippen molar-refractivity contribution < 1.29 is 28.6 Å². The molecule has 0 heterocycles. The van der Waals surface area contributed by atoms with Gasteiger partial charge < -0.3 is 14.2 Å². The molecule has 0 radical (unpaired) electrons. The van der Waals surface area contributed by atoms with Crippen LogP contribution in [0.5, 0.6) is 0 Å². The summed E-state index contributed by atoms with van der Waals surface area (Å²) in [5.74, 6) is -0.928. The molecule has 0 aliphatic heterocycles. The van der Waals surface area contributed by atoms with Crippen molar-refractivity contribution in [3.8, 4) is 0 Å². The average Bonchev–Trinajstić information content (AvgIpc) is 3.42. The molecular weight excluding hydrogens is 937 g/mol. The quantitative estimate of drug-likeness (QED) is 0.0261. The highest BCUT2D eigenvalue weighted by molar-refractivity contribution is 5.71. The fourth-order valence-corrected chi connectivity index (χ4v) is 9.01. The van der Waals surface area contributed by atoms with Crippen LogP contribution < -0.4 is 0 Å². The largest absolute Gasteiger partial charge is 0.462 e. The van der Waals surface area contributed by atoms with E-state index < -0.39 is 6.10 Å². The lowest BCUT2D eigenvalue weighted by Crippen LogP contribution is -2.30. The molecule has 1 atom stereocenters. The van der Waals surface area contributed by atoms with Crippen LogP contribution in [-0.2, 0) is 28.6 Å². The maximum Gasteiger partial charge on any atom is 0.306 e. The van der Waals surface area contributed by atoms with Crippen molar-refractivity contribution in [1.29, 1.82) is 0 Å². The van der Waals surface area contributed by atoms with Gasteiger partial charge in [-0.1, -0.05) is 285 Å². The van der Waals surface area contributed by atoms with E-state index in [-0.39, 0.29) is 31.1 Å². The molecule has 1 unspecified atom stereocenters. The van der Waals surface area contributed by atoms with Crippen molar-refractivity contribution in [2.24, 2.45) is 0 Å². The molecule has 76 heavy (non-hydrogen) atoms. The highest BCUT2D eigenvalue weighted by Crippen LogP contribution is 2.17. The summed E-state index contributed by atoms with van der Waals surface area (Å²) in [6.45, 7) is 6.50. The Hall–Kier alpha value is -3.67. The number of carbonyl (C=O) groups is 3. The van der Waals surface area contributed by atoms with E-state index in [1.54, 1.807) is 0 Å². The summed E-state index contributed by atoms with van der Waals surface area (Å²) < 4.78 is 16.9. The third kappa shape index (κ3) is 61.2. The Labute approximate surface area is 470 Å². The van der Waals surface area contributed by atoms with E-state index in [2.05, 4.69) is 118 Å². The minimum absolute atomic E-state index is 0.0909. The van der Waals surface area contributed by atoms with Crippen LogP contribution in [0.1, 0.15) is 310 Å². The smallest absolute Gasteiger partial charge is 0.306 e. The Kier molecular flexibility index (Phi) is 60.8. The van der Waals surface area contributed by atoms with E-state index in [1.165, 1.54) is 167 Å². The number of ether oxygens (including phenoxy) is 3. The zero-order valence-electron chi connectivity index (χ0n) is 50.0. The summed E-state index contributed by atoms with van der Waals surface area (Å²) in [5.41, 5.74) is 0. The van der Waals surface area contributed by atoms with Crippen LogP contribution >= 0.6 is 0 Å². The molecule has 0 saturated heterocycles. The summed E-state index contributed by atoms with van der Waals surface area (Å²) in [6, 6.07) is 0. The summed E-state index contributed by atoms with van der Waals surface area (Å²) in [6.07, 6.45) is 85.5. The van der Waals surface area contributed by atoms with Crippen LogP contribution in [0.25, 0.3) is 0 Å². The Morgan fingerprint density at radius 3 is 0.855 bits per heavy atom. The van der Waals surface area contributed by atoms with Crippen LogP contribution in [0.4, 0.5) is 0 Å². The van der Waals surface area contributed by atoms with Crippen molar-refractivity contribution in [2.75, 3.05) is 13.2 Å². The number of hydrogen-bond donors (Lipinski definition) is 0. The Morgan fingerprint density at radius 1 is 0.276 bits per heavy atom. The number of rotatable bonds is 58. The van der Waals surface area contributed by atoms with Gasteiger partial charge in [-0.3, -0.25) is 14.4 Å². The van der Waals surface area contributed by atoms with Gasteiger partial charge in [-0.05, 0) is 103 Å². The zero-order valence-corrected chi connectivity index (χ0v) is 50.0. The Bertz CT molecular complexity index is 1490. The minimum atomic E-state index is -0.799. The molecule has 0 saturated carbocycles. The second-order valence-electron chi connectivity index (χ2n) is 21.3. The third-order valence-electron chi connectivity index (χ3n) is 13.8. The molecule has 0 aliphatic carbocycles. The van der Waals surface area contributed by atoms with Gasteiger partial charge in [0.05, 0.1) is 0 Å². The van der Waals surface area contributed by atoms with E-state index in [0.29, 0.717) is 19.3 Å². The van der Waals surface area contributed by atoms with Crippen molar-refractivity contribution in [1.82, 2.24) is 0 Å². The van der Waals surface area contributed by atoms with E-state index in [4.69, 9.17) is 14.2 Å². The van der Waals surface area contributed by atoms with Gasteiger partial charge in [0.2, 0.25) is 0 Å². The SMILES string of the molecule is CC/C=C\C/C=C\C/C=C\C/C=C\C/C=C\C/C=C\CCCCC(=O)OCC(COC(=O)CCCCCCCCCCCCCCCCCCCC)OC(=O)CCCCCCCCCCC/C=C\C/C=C\CCCCC. The van der Waals surface area contributed by atoms with Gasteiger partial charge in [0.15, 0.2) is 6.10 Å². The first kappa shape index (κ1) is 72.3. The van der Waals surface area contributed by atoms with E-state index in [0.717, 1.165) is 103 Å². The Balaban J connectivity index is 4.45. The maximum atomic E-state index is 12.9. The van der Waals surface area contributed by atoms with Gasteiger partial charge in [0, 0.05) is 19.3 Å². The number of allylic oxidation sites excluding steroid dienone is 16. The lowest BCUT2D eigenvalue weighted by atomic mass is 10.0. The molecule has 0 amide bonds. The molecule has 436 valence electrons. The standard InChI is InChI=1S/C70H120O6/c1-4-7-10-13-16-19-22-25-28-31-34-35-37-39-42-45-48-51-54-57-60-63-69(72)75-66-67(65-74-68(71)62-59-56-53-50-47-44-41-38-33-30-27-24-21-18-15-12-9-6-3)76-70(73)64-61-58-55-52-49-46-43-40-36-32-29-26-23-20-17-14-11-8-5-2/h7,10,16-17,19-20,25-26,28-29,34-35,39,42,48,51,67H,4-6,8-9,11-15,18,21-24,27,30-33,36-38,40-41,43-47,49-50,52-66H2,1-3H3/b10-7-,19-16-,20-17-,28-25-,29-26-,35-34-,42-39-,51-48-. The number of esters is 3. The second kappa shape index (κ2) is 63.9. The van der Waals surface area contributed by atoms with Gasteiger partial charge >= 0.3 is 17.9 Å². The number of hydrogen-bond acceptors (Lipinski definition) is 6. The second-order valence-corrected chi connectivity index (χ2v) is 21.3. The molecule has 0 bridgehead atoms. The molecule has 0 N–H and O–H groups in total. The summed E-state index contributed by atoms with van der Waals surface area (Å²) in [7, 11) is 0. The first-order valence-corrected chi connectivity index (χ1v) is 32.2. The van der Waals surface area contributed by atoms with E-state index in [1.807, 2.05) is 0 Å². The van der Waals surface area contributed by atoms with Crippen molar-refractivity contribution >= 4 is 17.9 Å². The first-order valence-electron chi connectivity index (χ1n) is 32.2. The number of unbranched alkanes of at least 4 members (excludes halogenated alkanes) is 31. The fourth-order valence-electron chi connectivity index (χ4n) is 9.01. The molecule has 0 aliphatic rings. The third-order valence-corrected chi connectivity index (χ3v) is 13.8. The normalized spacial score (nSPS) is 12.7. The van der Waals surface area contributed by atoms with Gasteiger partial charge in [-0.2, -0.15) is 0 Å². The van der Waals surface area contributed by atoms with Gasteiger partial charge in [0.1, 0.15) is 13.2 Å². The number of carbonyl (C=O) groups excluding carboxylic acids is 3. The Morgan fingerprint density at radius 2 is 0.513 bits per heavy atom. The van der Waals surface area contributed by atoms with Crippen LogP contribution in [0.3, 0.4) is 0 Å². The summed E-state index contributed by atoms with van der Waals surface area (Å²) in [4.78, 5) is 38.4. The molecule has 0 aromatic heterocycles. The first-order chi connectivity index (χ1) is 37.5. The molecule has 6 nitrogen and oxygen atoms in total. The molecule has 0 aromatic carbocycles. The zero-order chi connectivity index (χ0) is 55.0. The minimum Gasteiger partial charge on any atom is -0.462 e. The van der Waals surface area contributed by atoms with E-state index in [9.17, 15) is 14.4 Å². The summed E-state index contributed by atoms with van der Waals surface area (Å²) >= 11 is 0. The highest BCUT2D eigenvalue weighted by atomic mass is 16.6. The van der Waals surface area contributed by atoms with Crippen molar-refractivity contribution in [2.45, 2.75) is 316 Å². The predicted octanol–water partition coefficient (Wildman–Crippen LogP) is 22.0. The van der Waals surface area contributed by atoms with Gasteiger partial charge in [0.25, 0.3) is 0 Å². The molecule has 0 rings (SSSR count). The highest BCUT2D eigenvalue weighted by Gasteiger charge is 2.19. The molecule has 0 fully saturated rings. The molecule has 0 aromatic rings. The lowest BCUT2D eigenvalue weighted by Gasteiger charge is -2.18. The molecular formula is C70H120O6. The van der Waals surface area contributed by atoms with Crippen molar-refractivity contribution in [3.05, 3.63) is 97.2 Å². The van der Waals surface area contributed by atoms with Crippen LogP contribution in [0, 0.1) is 0 Å². The fraction of sp³-hybridized carbons (Fsp3) is 0.729. The van der Waals surface area contributed by atoms with Crippen LogP contribution in [0.2, 0.25) is 0 Å². The van der Waals surface area contributed by atoms with Gasteiger partial charge in [-0.25, -0.2) is 0 Å². The van der Waals surface area contributed by atoms with Crippen LogP contribution in [-0.4, -0.2) is 37.2 Å². The monoisotopic (exact) mass is 1060 g/mol. The molecule has 0 spiro atoms.